The Bertz CT molecular complexity index is 755. The van der Waals surface area contributed by atoms with Crippen LogP contribution in [0, 0.1) is 0 Å². The normalized spacial score (nSPS) is 10.9. The number of thioether (sulfide) groups is 1. The van der Waals surface area contributed by atoms with Crippen molar-refractivity contribution in [3.63, 3.8) is 0 Å². The molecule has 1 heterocycles. The number of hydrogen-bond acceptors (Lipinski definition) is 5. The van der Waals surface area contributed by atoms with Crippen molar-refractivity contribution in [3.05, 3.63) is 65.7 Å². The maximum Gasteiger partial charge on any atom is 0.214 e. The Hall–Kier alpha value is -2.18. The first-order valence-corrected chi connectivity index (χ1v) is 9.60. The summed E-state index contributed by atoms with van der Waals surface area (Å²) in [5.41, 5.74) is 3.71. The molecular weight excluding hydrogens is 330 g/mol. The molecule has 0 aliphatic rings. The van der Waals surface area contributed by atoms with Gasteiger partial charge in [0.1, 0.15) is 0 Å². The first kappa shape index (κ1) is 17.6. The Labute approximate surface area is 152 Å². The Morgan fingerprint density at radius 1 is 1.00 bits per heavy atom. The van der Waals surface area contributed by atoms with Gasteiger partial charge in [-0.1, -0.05) is 61.2 Å². The molecule has 0 spiro atoms. The Kier molecular flexibility index (Phi) is 6.59. The number of nitrogens with one attached hydrogen (secondary N) is 1. The highest BCUT2D eigenvalue weighted by molar-refractivity contribution is 7.99. The molecule has 0 saturated heterocycles. The van der Waals surface area contributed by atoms with Crippen LogP contribution in [0.4, 0.5) is 0 Å². The number of aryl methyl sites for hydroxylation is 1. The topological polar surface area (TPSA) is 55.6 Å². The van der Waals surface area contributed by atoms with Gasteiger partial charge in [0.15, 0.2) is 0 Å². The van der Waals surface area contributed by atoms with Crippen molar-refractivity contribution in [3.8, 4) is 5.69 Å². The van der Waals surface area contributed by atoms with Crippen molar-refractivity contribution in [1.82, 2.24) is 25.5 Å². The highest BCUT2D eigenvalue weighted by Crippen LogP contribution is 2.18. The minimum atomic E-state index is 0.835. The van der Waals surface area contributed by atoms with Crippen molar-refractivity contribution in [2.24, 2.45) is 0 Å². The summed E-state index contributed by atoms with van der Waals surface area (Å²) in [5.74, 6) is 0.981. The first-order chi connectivity index (χ1) is 12.4. The van der Waals surface area contributed by atoms with Gasteiger partial charge in [-0.2, -0.15) is 4.68 Å². The molecule has 0 fully saturated rings. The zero-order valence-corrected chi connectivity index (χ0v) is 15.2. The maximum absolute atomic E-state index is 4.12. The molecule has 0 aliphatic heterocycles. The molecule has 1 aromatic heterocycles. The summed E-state index contributed by atoms with van der Waals surface area (Å²) in [4.78, 5) is 0. The van der Waals surface area contributed by atoms with Gasteiger partial charge in [0.05, 0.1) is 5.69 Å². The zero-order chi connectivity index (χ0) is 17.3. The van der Waals surface area contributed by atoms with Crippen molar-refractivity contribution in [2.45, 2.75) is 31.5 Å². The number of tetrazole rings is 1. The molecule has 2 aromatic carbocycles. The quantitative estimate of drug-likeness (QED) is 0.471. The van der Waals surface area contributed by atoms with E-state index in [-0.39, 0.29) is 0 Å². The first-order valence-electron chi connectivity index (χ1n) is 8.62. The molecule has 0 radical (unpaired) electrons. The minimum Gasteiger partial charge on any atom is -0.313 e. The monoisotopic (exact) mass is 353 g/mol. The van der Waals surface area contributed by atoms with Crippen LogP contribution in [0.3, 0.4) is 0 Å². The molecule has 6 heteroatoms. The molecule has 5 nitrogen and oxygen atoms in total. The van der Waals surface area contributed by atoms with Crippen LogP contribution in [0.25, 0.3) is 5.69 Å². The average molecular weight is 353 g/mol. The van der Waals surface area contributed by atoms with Crippen LogP contribution >= 0.6 is 11.8 Å². The second-order valence-electron chi connectivity index (χ2n) is 5.76. The van der Waals surface area contributed by atoms with E-state index in [9.17, 15) is 0 Å². The predicted molar refractivity (Wildman–Crippen MR) is 102 cm³/mol. The van der Waals surface area contributed by atoms with E-state index < -0.39 is 0 Å². The number of para-hydroxylation sites is 1. The molecule has 0 amide bonds. The van der Waals surface area contributed by atoms with Gasteiger partial charge in [0.25, 0.3) is 0 Å². The average Bonchev–Trinajstić information content (AvgIpc) is 3.14. The summed E-state index contributed by atoms with van der Waals surface area (Å²) in [6.07, 6.45) is 2.16. The summed E-state index contributed by atoms with van der Waals surface area (Å²) in [6, 6.07) is 18.8. The fraction of sp³-hybridized carbons (Fsp3) is 0.316. The van der Waals surface area contributed by atoms with E-state index in [2.05, 4.69) is 52.0 Å². The largest absolute Gasteiger partial charge is 0.313 e. The van der Waals surface area contributed by atoms with Crippen molar-refractivity contribution in [2.75, 3.05) is 12.3 Å². The van der Waals surface area contributed by atoms with Crippen LogP contribution in [-0.2, 0) is 13.0 Å². The minimum absolute atomic E-state index is 0.835. The lowest BCUT2D eigenvalue weighted by Gasteiger charge is -2.06. The summed E-state index contributed by atoms with van der Waals surface area (Å²) in [7, 11) is 0. The summed E-state index contributed by atoms with van der Waals surface area (Å²) < 4.78 is 1.79. The SMILES string of the molecule is CCc1ccc(CNCCCSc2nnnn2-c2ccccc2)cc1. The standard InChI is InChI=1S/C19H23N5S/c1-2-16-9-11-17(12-10-16)15-20-13-6-14-25-19-21-22-23-24(19)18-7-4-3-5-8-18/h3-5,7-12,20H,2,6,13-15H2,1H3. The molecule has 0 unspecified atom stereocenters. The van der Waals surface area contributed by atoms with Gasteiger partial charge >= 0.3 is 0 Å². The Morgan fingerprint density at radius 2 is 1.76 bits per heavy atom. The molecule has 1 N–H and O–H groups in total. The van der Waals surface area contributed by atoms with E-state index >= 15 is 0 Å². The third kappa shape index (κ3) is 5.14. The molecule has 3 rings (SSSR count). The van der Waals surface area contributed by atoms with Crippen LogP contribution in [0.1, 0.15) is 24.5 Å². The Morgan fingerprint density at radius 3 is 2.52 bits per heavy atom. The Balaban J connectivity index is 1.38. The number of rotatable bonds is 9. The molecular formula is C19H23N5S. The fourth-order valence-electron chi connectivity index (χ4n) is 2.49. The molecule has 0 aliphatic carbocycles. The van der Waals surface area contributed by atoms with Crippen LogP contribution in [0.5, 0.6) is 0 Å². The second kappa shape index (κ2) is 9.34. The van der Waals surface area contributed by atoms with Gasteiger partial charge in [-0.05, 0) is 53.1 Å². The number of aromatic nitrogens is 4. The highest BCUT2D eigenvalue weighted by Gasteiger charge is 2.07. The lowest BCUT2D eigenvalue weighted by molar-refractivity contribution is 0.677. The second-order valence-corrected chi connectivity index (χ2v) is 6.82. The lowest BCUT2D eigenvalue weighted by atomic mass is 10.1. The molecule has 130 valence electrons. The van der Waals surface area contributed by atoms with Gasteiger partial charge in [-0.25, -0.2) is 0 Å². The smallest absolute Gasteiger partial charge is 0.214 e. The summed E-state index contributed by atoms with van der Waals surface area (Å²) in [6.45, 7) is 4.07. The predicted octanol–water partition coefficient (Wildman–Crippen LogP) is 3.50. The van der Waals surface area contributed by atoms with Crippen molar-refractivity contribution >= 4 is 11.8 Å². The van der Waals surface area contributed by atoms with E-state index in [1.165, 1.54) is 11.1 Å². The summed E-state index contributed by atoms with van der Waals surface area (Å²) >= 11 is 1.69. The molecule has 3 aromatic rings. The van der Waals surface area contributed by atoms with E-state index in [1.807, 2.05) is 30.3 Å². The van der Waals surface area contributed by atoms with Gasteiger partial charge in [0, 0.05) is 12.3 Å². The highest BCUT2D eigenvalue weighted by atomic mass is 32.2. The molecule has 0 saturated carbocycles. The molecule has 25 heavy (non-hydrogen) atoms. The van der Waals surface area contributed by atoms with E-state index in [0.717, 1.165) is 42.5 Å². The zero-order valence-electron chi connectivity index (χ0n) is 14.4. The van der Waals surface area contributed by atoms with E-state index in [0.29, 0.717) is 0 Å². The van der Waals surface area contributed by atoms with Crippen LogP contribution < -0.4 is 5.32 Å². The van der Waals surface area contributed by atoms with E-state index in [1.54, 1.807) is 16.4 Å². The number of nitrogens with zero attached hydrogens (tertiary/aromatic N) is 4. The molecule has 0 atom stereocenters. The van der Waals surface area contributed by atoms with Crippen molar-refractivity contribution in [1.29, 1.82) is 0 Å². The third-order valence-electron chi connectivity index (χ3n) is 3.93. The number of benzene rings is 2. The van der Waals surface area contributed by atoms with Crippen molar-refractivity contribution < 1.29 is 0 Å². The van der Waals surface area contributed by atoms with Gasteiger partial charge in [-0.3, -0.25) is 0 Å². The fourth-order valence-corrected chi connectivity index (χ4v) is 3.32. The van der Waals surface area contributed by atoms with Crippen LogP contribution in [0.15, 0.2) is 59.8 Å². The lowest BCUT2D eigenvalue weighted by Crippen LogP contribution is -2.15. The van der Waals surface area contributed by atoms with E-state index in [4.69, 9.17) is 0 Å². The molecule has 0 bridgehead atoms. The maximum atomic E-state index is 4.12. The summed E-state index contributed by atoms with van der Waals surface area (Å²) in [5, 5.41) is 16.3. The van der Waals surface area contributed by atoms with Gasteiger partial charge in [-0.15, -0.1) is 5.10 Å². The number of hydrogen-bond donors (Lipinski definition) is 1. The van der Waals surface area contributed by atoms with Crippen LogP contribution in [0.2, 0.25) is 0 Å². The third-order valence-corrected chi connectivity index (χ3v) is 4.94. The van der Waals surface area contributed by atoms with Gasteiger partial charge in [0.2, 0.25) is 5.16 Å². The van der Waals surface area contributed by atoms with Gasteiger partial charge < -0.3 is 5.32 Å². The van der Waals surface area contributed by atoms with Crippen LogP contribution in [-0.4, -0.2) is 32.5 Å².